The molecule has 0 aromatic heterocycles. The highest BCUT2D eigenvalue weighted by Gasteiger charge is 2.24. The number of hydrogen-bond acceptors (Lipinski definition) is 6. The van der Waals surface area contributed by atoms with E-state index in [1.54, 1.807) is 0 Å². The van der Waals surface area contributed by atoms with Gasteiger partial charge in [0.2, 0.25) is 5.91 Å². The van der Waals surface area contributed by atoms with E-state index in [-0.39, 0.29) is 19.1 Å². The highest BCUT2D eigenvalue weighted by Crippen LogP contribution is 2.38. The van der Waals surface area contributed by atoms with Gasteiger partial charge in [-0.25, -0.2) is 0 Å². The second-order valence-corrected chi connectivity index (χ2v) is 26.3. The fraction of sp³-hybridized carbons (Fsp3) is 0.701. The molecule has 0 bridgehead atoms. The Hall–Kier alpha value is -3.36. The van der Waals surface area contributed by atoms with E-state index < -0.39 is 20.0 Å². The molecule has 1 amide bonds. The fourth-order valence-electron chi connectivity index (χ4n) is 9.93. The average Bonchev–Trinajstić information content (AvgIpc) is 3.70. The molecule has 3 atom stereocenters. The Bertz CT molecular complexity index is 1870. The van der Waals surface area contributed by atoms with Gasteiger partial charge in [-0.15, -0.1) is 0 Å². The topological polar surface area (TPSA) is 108 Å². The molecule has 0 aromatic carbocycles. The van der Waals surface area contributed by atoms with Crippen LogP contribution in [0.5, 0.6) is 0 Å². The van der Waals surface area contributed by atoms with Gasteiger partial charge in [0, 0.05) is 6.42 Å². The molecule has 0 saturated carbocycles. The third kappa shape index (κ3) is 68.1. The first-order chi connectivity index (χ1) is 42.0. The van der Waals surface area contributed by atoms with Gasteiger partial charge in [-0.05, 0) is 96.3 Å². The minimum absolute atomic E-state index is 0.00184. The van der Waals surface area contributed by atoms with E-state index in [0.29, 0.717) is 23.9 Å². The number of quaternary nitrogens is 1. The van der Waals surface area contributed by atoms with Crippen molar-refractivity contribution in [3.05, 3.63) is 134 Å². The number of rotatable bonds is 64. The Morgan fingerprint density at radius 1 is 0.419 bits per heavy atom. The predicted octanol–water partition coefficient (Wildman–Crippen LogP) is 22.4. The number of phosphoric ester groups is 1. The van der Waals surface area contributed by atoms with Crippen molar-refractivity contribution >= 4 is 13.7 Å². The Labute approximate surface area is 532 Å². The molecule has 2 N–H and O–H groups in total. The number of nitrogens with zero attached hydrogens (tertiary/aromatic N) is 1. The molecular formula is C77H135N2O6P. The molecule has 0 fully saturated rings. The van der Waals surface area contributed by atoms with Crippen LogP contribution in [0.2, 0.25) is 0 Å². The van der Waals surface area contributed by atoms with Gasteiger partial charge < -0.3 is 28.8 Å². The molecular weight excluding hydrogens is 1080 g/mol. The van der Waals surface area contributed by atoms with Crippen molar-refractivity contribution in [2.75, 3.05) is 40.9 Å². The van der Waals surface area contributed by atoms with E-state index in [4.69, 9.17) is 9.05 Å². The lowest BCUT2D eigenvalue weighted by atomic mass is 10.0. The monoisotopic (exact) mass is 1220 g/mol. The summed E-state index contributed by atoms with van der Waals surface area (Å²) in [6, 6.07) is -0.823. The summed E-state index contributed by atoms with van der Waals surface area (Å²) in [6.07, 6.45) is 99.5. The van der Waals surface area contributed by atoms with Crippen molar-refractivity contribution in [1.29, 1.82) is 0 Å². The summed E-state index contributed by atoms with van der Waals surface area (Å²) in [5.41, 5.74) is 0. The first-order valence-corrected chi connectivity index (χ1v) is 37.0. The highest BCUT2D eigenvalue weighted by atomic mass is 31.2. The Morgan fingerprint density at radius 3 is 1.03 bits per heavy atom. The average molecular weight is 1220 g/mol. The normalized spacial score (nSPS) is 14.5. The molecule has 0 aliphatic carbocycles. The first-order valence-electron chi connectivity index (χ1n) is 35.5. The molecule has 0 spiro atoms. The van der Waals surface area contributed by atoms with Crippen LogP contribution in [0.25, 0.3) is 0 Å². The van der Waals surface area contributed by atoms with E-state index in [9.17, 15) is 19.4 Å². The van der Waals surface area contributed by atoms with E-state index in [1.165, 1.54) is 141 Å². The minimum Gasteiger partial charge on any atom is -0.756 e. The van der Waals surface area contributed by atoms with Gasteiger partial charge in [0.05, 0.1) is 39.9 Å². The lowest BCUT2D eigenvalue weighted by Crippen LogP contribution is -2.46. The number of aliphatic hydroxyl groups excluding tert-OH is 1. The second-order valence-electron chi connectivity index (χ2n) is 24.9. The van der Waals surface area contributed by atoms with E-state index in [0.717, 1.165) is 128 Å². The van der Waals surface area contributed by atoms with Crippen LogP contribution in [0.4, 0.5) is 0 Å². The molecule has 0 saturated heterocycles. The third-order valence-corrected chi connectivity index (χ3v) is 16.4. The summed E-state index contributed by atoms with van der Waals surface area (Å²) in [5, 5.41) is 14.1. The SMILES string of the molecule is CC/C=C\C/C=C\C/C=C\C/C=C\C/C=C\C/C=C\C/C=C\C/C=C\C/C=C\C/C=C\C/C=C\CCCCCCCC(=O)NC(COP(=O)([O-])OCC[N+](C)(C)C)C(O)CCCCCCCCCCCCCCCCCCCCCCCCCCC. The largest absolute Gasteiger partial charge is 0.756 e. The van der Waals surface area contributed by atoms with Crippen molar-refractivity contribution in [2.24, 2.45) is 0 Å². The first kappa shape index (κ1) is 82.6. The molecule has 0 radical (unpaired) electrons. The van der Waals surface area contributed by atoms with Crippen molar-refractivity contribution < 1.29 is 32.9 Å². The third-order valence-electron chi connectivity index (χ3n) is 15.4. The van der Waals surface area contributed by atoms with Crippen molar-refractivity contribution in [3.63, 3.8) is 0 Å². The van der Waals surface area contributed by atoms with Crippen molar-refractivity contribution in [2.45, 2.75) is 309 Å². The van der Waals surface area contributed by atoms with Crippen LogP contribution in [0.15, 0.2) is 134 Å². The van der Waals surface area contributed by atoms with Crippen LogP contribution in [0.1, 0.15) is 296 Å². The molecule has 0 aromatic rings. The molecule has 494 valence electrons. The quantitative estimate of drug-likeness (QED) is 0.0272. The molecule has 0 rings (SSSR count). The van der Waals surface area contributed by atoms with Crippen LogP contribution in [0, 0.1) is 0 Å². The van der Waals surface area contributed by atoms with E-state index >= 15 is 0 Å². The molecule has 3 unspecified atom stereocenters. The number of carbonyl (C=O) groups excluding carboxylic acids is 1. The van der Waals surface area contributed by atoms with Crippen LogP contribution in [0.3, 0.4) is 0 Å². The number of unbranched alkanes of at least 4 members (excludes halogenated alkanes) is 29. The van der Waals surface area contributed by atoms with E-state index in [1.807, 2.05) is 21.1 Å². The zero-order valence-electron chi connectivity index (χ0n) is 56.5. The maximum Gasteiger partial charge on any atom is 0.268 e. The molecule has 0 aliphatic rings. The Kier molecular flexibility index (Phi) is 63.5. The number of carbonyl (C=O) groups is 1. The maximum absolute atomic E-state index is 13.1. The zero-order chi connectivity index (χ0) is 62.6. The fourth-order valence-corrected chi connectivity index (χ4v) is 10.7. The second kappa shape index (κ2) is 66.1. The van der Waals surface area contributed by atoms with Gasteiger partial charge >= 0.3 is 0 Å². The summed E-state index contributed by atoms with van der Waals surface area (Å²) in [5.74, 6) is -0.185. The number of likely N-dealkylation sites (N-methyl/N-ethyl adjacent to an activating group) is 1. The molecule has 86 heavy (non-hydrogen) atoms. The highest BCUT2D eigenvalue weighted by molar-refractivity contribution is 7.45. The standard InChI is InChI=1S/C77H135N2O6P/c1-6-8-10-12-14-16-18-20-22-24-26-28-30-32-33-34-35-36-37-38-39-40-41-42-43-44-45-47-49-51-53-55-57-59-61-63-65-67-69-71-77(81)78-75(74-85-86(82,83)84-73-72-79(3,4)5)76(80)70-68-66-64-62-60-58-56-54-52-50-48-46-31-29-27-25-23-21-19-17-15-13-11-9-7-2/h8,10,14,16,20,22,26,28,32-33,35-36,38-39,41-42,44-45,49,51,55,57,75-76,80H,6-7,9,11-13,15,17-19,21,23-25,27,29-31,34,37,40,43,46-48,50,52-54,56,58-74H2,1-5H3,(H-,78,81,82,83)/b10-8-,16-14-,22-20-,28-26-,33-32-,36-35-,39-38-,42-41-,45-44-,51-49-,57-55-. The van der Waals surface area contributed by atoms with Crippen molar-refractivity contribution in [1.82, 2.24) is 5.32 Å². The van der Waals surface area contributed by atoms with E-state index in [2.05, 4.69) is 153 Å². The molecule has 9 heteroatoms. The number of hydrogen-bond donors (Lipinski definition) is 2. The number of aliphatic hydroxyl groups is 1. The van der Waals surface area contributed by atoms with Gasteiger partial charge in [-0.1, -0.05) is 327 Å². The van der Waals surface area contributed by atoms with Gasteiger partial charge in [-0.2, -0.15) is 0 Å². The van der Waals surface area contributed by atoms with Crippen LogP contribution in [-0.4, -0.2) is 68.5 Å². The molecule has 8 nitrogen and oxygen atoms in total. The predicted molar refractivity (Wildman–Crippen MR) is 375 cm³/mol. The summed E-state index contributed by atoms with van der Waals surface area (Å²) < 4.78 is 23.5. The Balaban J connectivity index is 4.15. The van der Waals surface area contributed by atoms with Gasteiger partial charge in [-0.3, -0.25) is 9.36 Å². The summed E-state index contributed by atoms with van der Waals surface area (Å²) in [4.78, 5) is 25.7. The summed E-state index contributed by atoms with van der Waals surface area (Å²) in [7, 11) is 1.28. The molecule has 0 aliphatic heterocycles. The van der Waals surface area contributed by atoms with Gasteiger partial charge in [0.25, 0.3) is 7.82 Å². The van der Waals surface area contributed by atoms with Gasteiger partial charge in [0.1, 0.15) is 13.2 Å². The van der Waals surface area contributed by atoms with Crippen LogP contribution < -0.4 is 10.2 Å². The minimum atomic E-state index is -4.60. The number of allylic oxidation sites excluding steroid dienone is 22. The lowest BCUT2D eigenvalue weighted by molar-refractivity contribution is -0.870. The maximum atomic E-state index is 13.1. The van der Waals surface area contributed by atoms with Crippen molar-refractivity contribution in [3.8, 4) is 0 Å². The van der Waals surface area contributed by atoms with Crippen LogP contribution >= 0.6 is 7.82 Å². The lowest BCUT2D eigenvalue weighted by Gasteiger charge is -2.30. The Morgan fingerprint density at radius 2 is 0.709 bits per heavy atom. The number of amides is 1. The smallest absolute Gasteiger partial charge is 0.268 e. The van der Waals surface area contributed by atoms with Gasteiger partial charge in [0.15, 0.2) is 0 Å². The number of nitrogens with one attached hydrogen (secondary N) is 1. The van der Waals surface area contributed by atoms with Crippen LogP contribution in [-0.2, 0) is 18.4 Å². The zero-order valence-corrected chi connectivity index (χ0v) is 57.4. The summed E-state index contributed by atoms with van der Waals surface area (Å²) >= 11 is 0. The molecule has 0 heterocycles. The summed E-state index contributed by atoms with van der Waals surface area (Å²) in [6.45, 7) is 4.61. The number of phosphoric acid groups is 1.